The normalized spacial score (nSPS) is 17.4. The van der Waals surface area contributed by atoms with Gasteiger partial charge in [-0.15, -0.1) is 0 Å². The Labute approximate surface area is 127 Å². The lowest BCUT2D eigenvalue weighted by atomic mass is 9.81. The van der Waals surface area contributed by atoms with Gasteiger partial charge in [-0.1, -0.05) is 12.8 Å². The average Bonchev–Trinajstić information content (AvgIpc) is 2.48. The number of rotatable bonds is 14. The van der Waals surface area contributed by atoms with Gasteiger partial charge in [0, 0.05) is 19.8 Å². The molecule has 0 saturated heterocycles. The molecule has 0 radical (unpaired) electrons. The molecule has 0 aromatic rings. The maximum atomic E-state index is 10.6. The van der Waals surface area contributed by atoms with Crippen molar-refractivity contribution < 1.29 is 30.6 Å². The summed E-state index contributed by atoms with van der Waals surface area (Å²) in [6.45, 7) is 0.0308. The van der Waals surface area contributed by atoms with Gasteiger partial charge >= 0.3 is 0 Å². The van der Waals surface area contributed by atoms with Crippen LogP contribution in [0.4, 0.5) is 0 Å². The highest BCUT2D eigenvalue weighted by Gasteiger charge is 2.41. The standard InChI is InChI=1S/C15H32O6/c16-10-4-1-2-7-13(19)15(21,9-6-12-18)14(20)8-3-5-11-17/h13-14,16-21H,1-12H2. The molecule has 6 nitrogen and oxygen atoms in total. The smallest absolute Gasteiger partial charge is 0.116 e. The first-order chi connectivity index (χ1) is 10.0. The molecule has 128 valence electrons. The number of hydrogen-bond acceptors (Lipinski definition) is 6. The number of aliphatic hydroxyl groups is 6. The summed E-state index contributed by atoms with van der Waals surface area (Å²) in [4.78, 5) is 0. The first-order valence-electron chi connectivity index (χ1n) is 7.94. The summed E-state index contributed by atoms with van der Waals surface area (Å²) in [5, 5.41) is 57.4. The molecule has 0 aromatic carbocycles. The lowest BCUT2D eigenvalue weighted by Gasteiger charge is -2.37. The number of unbranched alkanes of at least 4 members (excludes halogenated alkanes) is 3. The molecule has 0 saturated carbocycles. The fourth-order valence-electron chi connectivity index (χ4n) is 2.49. The summed E-state index contributed by atoms with van der Waals surface area (Å²) in [6.07, 6.45) is 2.12. The van der Waals surface area contributed by atoms with Crippen molar-refractivity contribution in [1.82, 2.24) is 0 Å². The monoisotopic (exact) mass is 308 g/mol. The SMILES string of the molecule is OCCCCCC(O)C(O)(CCCO)C(O)CCCCO. The van der Waals surface area contributed by atoms with E-state index in [1.807, 2.05) is 0 Å². The molecular formula is C15H32O6. The van der Waals surface area contributed by atoms with Gasteiger partial charge in [0.25, 0.3) is 0 Å². The van der Waals surface area contributed by atoms with Crippen molar-refractivity contribution in [3.05, 3.63) is 0 Å². The van der Waals surface area contributed by atoms with E-state index in [-0.39, 0.29) is 26.2 Å². The molecule has 0 spiro atoms. The van der Waals surface area contributed by atoms with E-state index >= 15 is 0 Å². The molecule has 0 bridgehead atoms. The van der Waals surface area contributed by atoms with Gasteiger partial charge < -0.3 is 30.6 Å². The number of aliphatic hydroxyl groups excluding tert-OH is 5. The predicted octanol–water partition coefficient (Wildman–Crippen LogP) is -0.0729. The highest BCUT2D eigenvalue weighted by atomic mass is 16.4. The van der Waals surface area contributed by atoms with Crippen molar-refractivity contribution in [2.75, 3.05) is 19.8 Å². The molecule has 0 aliphatic carbocycles. The Kier molecular flexibility index (Phi) is 12.2. The van der Waals surface area contributed by atoms with Crippen molar-refractivity contribution in [1.29, 1.82) is 0 Å². The third kappa shape index (κ3) is 8.09. The van der Waals surface area contributed by atoms with Crippen LogP contribution in [0.2, 0.25) is 0 Å². The van der Waals surface area contributed by atoms with Crippen LogP contribution in [0, 0.1) is 0 Å². The van der Waals surface area contributed by atoms with E-state index < -0.39 is 17.8 Å². The summed E-state index contributed by atoms with van der Waals surface area (Å²) < 4.78 is 0. The minimum atomic E-state index is -1.63. The van der Waals surface area contributed by atoms with Crippen molar-refractivity contribution in [3.63, 3.8) is 0 Å². The molecule has 6 N–H and O–H groups in total. The largest absolute Gasteiger partial charge is 0.396 e. The van der Waals surface area contributed by atoms with E-state index in [1.54, 1.807) is 0 Å². The van der Waals surface area contributed by atoms with E-state index in [4.69, 9.17) is 15.3 Å². The topological polar surface area (TPSA) is 121 Å². The van der Waals surface area contributed by atoms with Gasteiger partial charge in [-0.25, -0.2) is 0 Å². The Hall–Kier alpha value is -0.240. The molecule has 6 heteroatoms. The molecule has 3 atom stereocenters. The molecule has 0 rings (SSSR count). The third-order valence-corrected chi connectivity index (χ3v) is 3.91. The first kappa shape index (κ1) is 20.8. The van der Waals surface area contributed by atoms with Crippen LogP contribution in [-0.2, 0) is 0 Å². The summed E-state index contributed by atoms with van der Waals surface area (Å²) in [7, 11) is 0. The van der Waals surface area contributed by atoms with Crippen molar-refractivity contribution in [3.8, 4) is 0 Å². The third-order valence-electron chi connectivity index (χ3n) is 3.91. The second-order valence-corrected chi connectivity index (χ2v) is 5.64. The molecule has 0 aromatic heterocycles. The molecule has 0 fully saturated rings. The zero-order valence-corrected chi connectivity index (χ0v) is 12.8. The van der Waals surface area contributed by atoms with E-state index in [2.05, 4.69) is 0 Å². The lowest BCUT2D eigenvalue weighted by Crippen LogP contribution is -2.52. The highest BCUT2D eigenvalue weighted by molar-refractivity contribution is 4.93. The maximum Gasteiger partial charge on any atom is 0.116 e. The second-order valence-electron chi connectivity index (χ2n) is 5.64. The van der Waals surface area contributed by atoms with Gasteiger partial charge in [-0.05, 0) is 44.9 Å². The second kappa shape index (κ2) is 12.3. The predicted molar refractivity (Wildman–Crippen MR) is 79.8 cm³/mol. The van der Waals surface area contributed by atoms with Crippen molar-refractivity contribution in [2.45, 2.75) is 75.6 Å². The van der Waals surface area contributed by atoms with Gasteiger partial charge in [-0.2, -0.15) is 0 Å². The van der Waals surface area contributed by atoms with Crippen molar-refractivity contribution >= 4 is 0 Å². The van der Waals surface area contributed by atoms with Gasteiger partial charge in [0.05, 0.1) is 12.2 Å². The lowest BCUT2D eigenvalue weighted by molar-refractivity contribution is -0.156. The quantitative estimate of drug-likeness (QED) is 0.250. The Morgan fingerprint density at radius 2 is 1.05 bits per heavy atom. The van der Waals surface area contributed by atoms with E-state index in [0.717, 1.165) is 6.42 Å². The minimum absolute atomic E-state index is 0.0332. The van der Waals surface area contributed by atoms with Gasteiger partial charge in [0.15, 0.2) is 0 Å². The Bertz CT molecular complexity index is 238. The van der Waals surface area contributed by atoms with Crippen LogP contribution in [0.3, 0.4) is 0 Å². The zero-order valence-electron chi connectivity index (χ0n) is 12.8. The van der Waals surface area contributed by atoms with Crippen LogP contribution in [0.25, 0.3) is 0 Å². The van der Waals surface area contributed by atoms with Crippen LogP contribution in [0.15, 0.2) is 0 Å². The van der Waals surface area contributed by atoms with Crippen LogP contribution < -0.4 is 0 Å². The van der Waals surface area contributed by atoms with Gasteiger partial charge in [0.1, 0.15) is 5.60 Å². The van der Waals surface area contributed by atoms with Crippen LogP contribution >= 0.6 is 0 Å². The summed E-state index contributed by atoms with van der Waals surface area (Å²) in [6, 6.07) is 0. The van der Waals surface area contributed by atoms with E-state index in [1.165, 1.54) is 0 Å². The van der Waals surface area contributed by atoms with Crippen molar-refractivity contribution in [2.24, 2.45) is 0 Å². The van der Waals surface area contributed by atoms with E-state index in [0.29, 0.717) is 44.9 Å². The zero-order chi connectivity index (χ0) is 16.1. The Morgan fingerprint density at radius 3 is 1.52 bits per heavy atom. The maximum absolute atomic E-state index is 10.6. The van der Waals surface area contributed by atoms with Crippen LogP contribution in [0.1, 0.15) is 57.8 Å². The summed E-state index contributed by atoms with van der Waals surface area (Å²) in [5.41, 5.74) is -1.63. The Morgan fingerprint density at radius 1 is 0.619 bits per heavy atom. The Balaban J connectivity index is 4.48. The van der Waals surface area contributed by atoms with E-state index in [9.17, 15) is 15.3 Å². The molecule has 3 unspecified atom stereocenters. The van der Waals surface area contributed by atoms with Crippen LogP contribution in [0.5, 0.6) is 0 Å². The summed E-state index contributed by atoms with van der Waals surface area (Å²) >= 11 is 0. The highest BCUT2D eigenvalue weighted by Crippen LogP contribution is 2.28. The number of hydrogen-bond donors (Lipinski definition) is 6. The minimum Gasteiger partial charge on any atom is -0.396 e. The molecule has 0 aliphatic rings. The molecular weight excluding hydrogens is 276 g/mol. The molecule has 0 heterocycles. The van der Waals surface area contributed by atoms with Gasteiger partial charge in [0.2, 0.25) is 0 Å². The molecule has 21 heavy (non-hydrogen) atoms. The summed E-state index contributed by atoms with van der Waals surface area (Å²) in [5.74, 6) is 0. The fourth-order valence-corrected chi connectivity index (χ4v) is 2.49. The first-order valence-corrected chi connectivity index (χ1v) is 7.94. The average molecular weight is 308 g/mol. The molecule has 0 aliphatic heterocycles. The molecule has 0 amide bonds. The fraction of sp³-hybridized carbons (Fsp3) is 1.00. The van der Waals surface area contributed by atoms with Gasteiger partial charge in [-0.3, -0.25) is 0 Å². The van der Waals surface area contributed by atoms with Crippen LogP contribution in [-0.4, -0.2) is 68.3 Å².